The second-order valence-electron chi connectivity index (χ2n) is 5.12. The summed E-state index contributed by atoms with van der Waals surface area (Å²) < 4.78 is 0. The minimum Gasteiger partial charge on any atom is -0.544 e. The number of hydrogen-bond acceptors (Lipinski definition) is 3. The van der Waals surface area contributed by atoms with E-state index in [4.69, 9.17) is 0 Å². The number of carbonyl (C=O) groups excluding carboxylic acids is 2. The molecule has 0 bridgehead atoms. The quantitative estimate of drug-likeness (QED) is 0.442. The first kappa shape index (κ1) is 17.1. The van der Waals surface area contributed by atoms with E-state index in [-0.39, 0.29) is 12.3 Å². The van der Waals surface area contributed by atoms with Crippen LogP contribution in [0.5, 0.6) is 0 Å². The van der Waals surface area contributed by atoms with E-state index in [0.29, 0.717) is 12.2 Å². The molecule has 6 nitrogen and oxygen atoms in total. The van der Waals surface area contributed by atoms with Crippen LogP contribution in [0, 0.1) is 6.92 Å². The highest BCUT2D eigenvalue weighted by molar-refractivity contribution is 5.93. The number of nitrogens with two attached hydrogens (primary N) is 2. The molecule has 6 heteroatoms. The summed E-state index contributed by atoms with van der Waals surface area (Å²) in [5, 5.41) is 17.5. The number of benzene rings is 1. The van der Waals surface area contributed by atoms with Crippen molar-refractivity contribution >= 4 is 17.6 Å². The molecule has 0 fully saturated rings. The van der Waals surface area contributed by atoms with Gasteiger partial charge in [0.25, 0.3) is 0 Å². The van der Waals surface area contributed by atoms with Crippen molar-refractivity contribution in [2.24, 2.45) is 0 Å². The van der Waals surface area contributed by atoms with Crippen molar-refractivity contribution in [2.75, 3.05) is 25.5 Å². The average molecular weight is 294 g/mol. The molecule has 0 saturated heterocycles. The largest absolute Gasteiger partial charge is 0.544 e. The summed E-state index contributed by atoms with van der Waals surface area (Å²) in [6.45, 7) is 3.53. The molecule has 1 atom stereocenters. The van der Waals surface area contributed by atoms with E-state index in [9.17, 15) is 14.7 Å². The van der Waals surface area contributed by atoms with Gasteiger partial charge >= 0.3 is 0 Å². The number of carboxylic acids is 1. The molecule has 1 aromatic carbocycles. The van der Waals surface area contributed by atoms with Gasteiger partial charge in [-0.1, -0.05) is 12.1 Å². The van der Waals surface area contributed by atoms with Gasteiger partial charge in [-0.15, -0.1) is 0 Å². The van der Waals surface area contributed by atoms with E-state index < -0.39 is 12.0 Å². The second kappa shape index (κ2) is 9.10. The van der Waals surface area contributed by atoms with Gasteiger partial charge in [0, 0.05) is 12.1 Å². The SMILES string of the molecule is C[NH2+]CCC[NH2+][C@H](CC(=O)Nc1cccc(C)c1)C(=O)[O-]. The lowest BCUT2D eigenvalue weighted by Crippen LogP contribution is -2.94. The average Bonchev–Trinajstić information content (AvgIpc) is 2.42. The lowest BCUT2D eigenvalue weighted by molar-refractivity contribution is -0.692. The minimum atomic E-state index is -1.20. The lowest BCUT2D eigenvalue weighted by Gasteiger charge is -2.16. The van der Waals surface area contributed by atoms with Crippen molar-refractivity contribution in [1.82, 2.24) is 0 Å². The Kier molecular flexibility index (Phi) is 7.42. The molecule has 0 aliphatic rings. The maximum Gasteiger partial charge on any atom is 0.230 e. The maximum atomic E-state index is 11.9. The van der Waals surface area contributed by atoms with Gasteiger partial charge in [-0.3, -0.25) is 4.79 Å². The zero-order valence-corrected chi connectivity index (χ0v) is 12.6. The van der Waals surface area contributed by atoms with Crippen molar-refractivity contribution in [3.63, 3.8) is 0 Å². The Labute approximate surface area is 124 Å². The van der Waals surface area contributed by atoms with E-state index in [0.717, 1.165) is 18.5 Å². The van der Waals surface area contributed by atoms with E-state index >= 15 is 0 Å². The Hall–Kier alpha value is -1.92. The van der Waals surface area contributed by atoms with Gasteiger partial charge < -0.3 is 25.9 Å². The number of carboxylic acid groups (broad SMARTS) is 1. The first-order chi connectivity index (χ1) is 10.0. The van der Waals surface area contributed by atoms with Gasteiger partial charge in [0.2, 0.25) is 5.91 Å². The summed E-state index contributed by atoms with van der Waals surface area (Å²) >= 11 is 0. The zero-order chi connectivity index (χ0) is 15.7. The Morgan fingerprint density at radius 3 is 2.71 bits per heavy atom. The monoisotopic (exact) mass is 294 g/mol. The summed E-state index contributed by atoms with van der Waals surface area (Å²) in [7, 11) is 1.96. The van der Waals surface area contributed by atoms with E-state index in [1.165, 1.54) is 0 Å². The molecule has 116 valence electrons. The fraction of sp³-hybridized carbons (Fsp3) is 0.467. The molecule has 0 radical (unpaired) electrons. The fourth-order valence-corrected chi connectivity index (χ4v) is 2.04. The van der Waals surface area contributed by atoms with Crippen molar-refractivity contribution in [1.29, 1.82) is 0 Å². The van der Waals surface area contributed by atoms with Crippen molar-refractivity contribution in [3.05, 3.63) is 29.8 Å². The van der Waals surface area contributed by atoms with E-state index in [1.807, 2.05) is 37.5 Å². The van der Waals surface area contributed by atoms with Crippen molar-refractivity contribution in [3.8, 4) is 0 Å². The summed E-state index contributed by atoms with van der Waals surface area (Å²) in [6.07, 6.45) is 0.798. The smallest absolute Gasteiger partial charge is 0.230 e. The van der Waals surface area contributed by atoms with Gasteiger partial charge in [-0.25, -0.2) is 0 Å². The fourth-order valence-electron chi connectivity index (χ4n) is 2.04. The number of aliphatic carboxylic acids is 1. The molecule has 5 N–H and O–H groups in total. The molecule has 0 unspecified atom stereocenters. The second-order valence-corrected chi connectivity index (χ2v) is 5.12. The number of rotatable bonds is 9. The molecule has 0 saturated carbocycles. The number of anilines is 1. The molecular formula is C15H24N3O3+. The van der Waals surface area contributed by atoms with Crippen LogP contribution in [-0.4, -0.2) is 38.1 Å². The van der Waals surface area contributed by atoms with Gasteiger partial charge in [0.1, 0.15) is 6.04 Å². The third-order valence-electron chi connectivity index (χ3n) is 3.16. The first-order valence-corrected chi connectivity index (χ1v) is 7.21. The molecular weight excluding hydrogens is 270 g/mol. The summed E-state index contributed by atoms with van der Waals surface area (Å²) in [5.41, 5.74) is 1.71. The van der Waals surface area contributed by atoms with Crippen LogP contribution >= 0.6 is 0 Å². The number of amides is 1. The number of quaternary nitrogens is 2. The number of aryl methyl sites for hydroxylation is 1. The van der Waals surface area contributed by atoms with Crippen LogP contribution in [0.3, 0.4) is 0 Å². The predicted octanol–water partition coefficient (Wildman–Crippen LogP) is -2.41. The minimum absolute atomic E-state index is 0.0912. The van der Waals surface area contributed by atoms with Crippen LogP contribution < -0.4 is 21.1 Å². The van der Waals surface area contributed by atoms with Gasteiger partial charge in [0.15, 0.2) is 0 Å². The molecule has 1 aromatic rings. The van der Waals surface area contributed by atoms with Crippen LogP contribution in [0.15, 0.2) is 24.3 Å². The molecule has 0 heterocycles. The molecule has 1 amide bonds. The molecule has 1 rings (SSSR count). The van der Waals surface area contributed by atoms with E-state index in [1.54, 1.807) is 11.4 Å². The maximum absolute atomic E-state index is 11.9. The van der Waals surface area contributed by atoms with Crippen LogP contribution in [-0.2, 0) is 9.59 Å². The third kappa shape index (κ3) is 6.87. The van der Waals surface area contributed by atoms with Crippen molar-refractivity contribution in [2.45, 2.75) is 25.8 Å². The highest BCUT2D eigenvalue weighted by Crippen LogP contribution is 2.09. The van der Waals surface area contributed by atoms with Gasteiger partial charge in [-0.2, -0.15) is 0 Å². The topological polar surface area (TPSA) is 102 Å². The van der Waals surface area contributed by atoms with Crippen LogP contribution in [0.25, 0.3) is 0 Å². The lowest BCUT2D eigenvalue weighted by atomic mass is 10.1. The Balaban J connectivity index is 2.46. The summed E-state index contributed by atoms with van der Waals surface area (Å²) in [6, 6.07) is 6.55. The van der Waals surface area contributed by atoms with E-state index in [2.05, 4.69) is 5.32 Å². The Bertz CT molecular complexity index is 477. The molecule has 0 aliphatic heterocycles. The molecule has 0 aliphatic carbocycles. The number of nitrogens with one attached hydrogen (secondary N) is 1. The van der Waals surface area contributed by atoms with Crippen LogP contribution in [0.2, 0.25) is 0 Å². The van der Waals surface area contributed by atoms with Crippen molar-refractivity contribution < 1.29 is 25.3 Å². The Morgan fingerprint density at radius 1 is 1.33 bits per heavy atom. The molecule has 0 aromatic heterocycles. The number of hydrogen-bond donors (Lipinski definition) is 3. The normalized spacial score (nSPS) is 11.9. The third-order valence-corrected chi connectivity index (χ3v) is 3.16. The molecule has 0 spiro atoms. The van der Waals surface area contributed by atoms with Crippen LogP contribution in [0.4, 0.5) is 5.69 Å². The first-order valence-electron chi connectivity index (χ1n) is 7.21. The molecule has 21 heavy (non-hydrogen) atoms. The summed E-state index contributed by atoms with van der Waals surface area (Å²) in [5.74, 6) is -1.51. The van der Waals surface area contributed by atoms with Crippen LogP contribution in [0.1, 0.15) is 18.4 Å². The highest BCUT2D eigenvalue weighted by atomic mass is 16.4. The summed E-state index contributed by atoms with van der Waals surface area (Å²) in [4.78, 5) is 23.0. The van der Waals surface area contributed by atoms with Gasteiger partial charge in [-0.05, 0) is 24.6 Å². The zero-order valence-electron chi connectivity index (χ0n) is 12.6. The number of carbonyl (C=O) groups is 2. The highest BCUT2D eigenvalue weighted by Gasteiger charge is 2.18. The Morgan fingerprint density at radius 2 is 2.10 bits per heavy atom. The van der Waals surface area contributed by atoms with Gasteiger partial charge in [0.05, 0.1) is 32.5 Å². The predicted molar refractivity (Wildman–Crippen MR) is 77.3 cm³/mol. The standard InChI is InChI=1S/C15H23N3O3/c1-11-5-3-6-12(9-11)18-14(19)10-13(15(20)21)17-8-4-7-16-2/h3,5-6,9,13,16-17H,4,7-8,10H2,1-2H3,(H,18,19)(H,20,21)/p+1/t13-/m1/s1.